The first kappa shape index (κ1) is 11.5. The number of hydrogen-bond acceptors (Lipinski definition) is 3. The van der Waals surface area contributed by atoms with E-state index in [1.54, 1.807) is 0 Å². The number of carboxylic acids is 1. The molecule has 15 heavy (non-hydrogen) atoms. The summed E-state index contributed by atoms with van der Waals surface area (Å²) >= 11 is 0. The minimum Gasteiger partial charge on any atom is -0.478 e. The predicted molar refractivity (Wildman–Crippen MR) is 56.2 cm³/mol. The van der Waals surface area contributed by atoms with Crippen LogP contribution >= 0.6 is 0 Å². The summed E-state index contributed by atoms with van der Waals surface area (Å²) in [4.78, 5) is 24.0. The average molecular weight is 210 g/mol. The third kappa shape index (κ3) is 3.21. The highest BCUT2D eigenvalue weighted by Gasteiger charge is 2.04. The minimum atomic E-state index is -1.08. The lowest BCUT2D eigenvalue weighted by molar-refractivity contribution is 0.0696. The molecule has 0 unspecified atom stereocenters. The van der Waals surface area contributed by atoms with E-state index < -0.39 is 5.97 Å². The Morgan fingerprint density at radius 1 is 1.53 bits per heavy atom. The molecular formula is C10H14N2O3. The average Bonchev–Trinajstić information content (AvgIpc) is 2.15. The highest BCUT2D eigenvalue weighted by Crippen LogP contribution is 1.94. The van der Waals surface area contributed by atoms with Gasteiger partial charge in [0.15, 0.2) is 0 Å². The molecule has 1 aromatic heterocycles. The quantitative estimate of drug-likeness (QED) is 0.766. The Labute approximate surface area is 87.6 Å². The van der Waals surface area contributed by atoms with E-state index in [1.165, 1.54) is 16.8 Å². The number of aromatic carboxylic acids is 1. The van der Waals surface area contributed by atoms with Gasteiger partial charge in [0.05, 0.1) is 5.56 Å². The van der Waals surface area contributed by atoms with Crippen molar-refractivity contribution >= 4 is 5.97 Å². The molecule has 0 saturated heterocycles. The number of likely N-dealkylation sites (N-methyl/N-ethyl adjacent to an activating group) is 1. The van der Waals surface area contributed by atoms with E-state index in [4.69, 9.17) is 5.11 Å². The van der Waals surface area contributed by atoms with Gasteiger partial charge in [-0.1, -0.05) is 0 Å². The Morgan fingerprint density at radius 2 is 2.20 bits per heavy atom. The largest absolute Gasteiger partial charge is 0.478 e. The van der Waals surface area contributed by atoms with E-state index in [1.807, 2.05) is 19.0 Å². The van der Waals surface area contributed by atoms with Crippen molar-refractivity contribution in [1.82, 2.24) is 9.47 Å². The zero-order valence-electron chi connectivity index (χ0n) is 8.80. The molecule has 0 aliphatic heterocycles. The van der Waals surface area contributed by atoms with Crippen molar-refractivity contribution in [1.29, 1.82) is 0 Å². The number of rotatable bonds is 4. The summed E-state index contributed by atoms with van der Waals surface area (Å²) in [6.07, 6.45) is 1.51. The van der Waals surface area contributed by atoms with Crippen LogP contribution in [0.5, 0.6) is 0 Å². The highest BCUT2D eigenvalue weighted by atomic mass is 16.4. The van der Waals surface area contributed by atoms with E-state index in [2.05, 4.69) is 0 Å². The van der Waals surface area contributed by atoms with Gasteiger partial charge in [0.25, 0.3) is 5.56 Å². The number of aromatic nitrogens is 1. The second-order valence-electron chi connectivity index (χ2n) is 3.56. The van der Waals surface area contributed by atoms with Crippen LogP contribution in [0.1, 0.15) is 10.4 Å². The Bertz CT molecular complexity index is 409. The smallest absolute Gasteiger partial charge is 0.335 e. The lowest BCUT2D eigenvalue weighted by Crippen LogP contribution is -2.26. The summed E-state index contributed by atoms with van der Waals surface area (Å²) in [5.41, 5.74) is -0.252. The molecule has 0 aromatic carbocycles. The maximum absolute atomic E-state index is 11.4. The molecule has 0 saturated carbocycles. The third-order valence-electron chi connectivity index (χ3n) is 2.03. The number of carboxylic acid groups (broad SMARTS) is 1. The molecule has 0 aliphatic rings. The van der Waals surface area contributed by atoms with Gasteiger partial charge in [-0.25, -0.2) is 4.79 Å². The molecular weight excluding hydrogens is 196 g/mol. The first-order valence-electron chi connectivity index (χ1n) is 4.59. The van der Waals surface area contributed by atoms with Gasteiger partial charge in [0.2, 0.25) is 0 Å². The molecule has 0 radical (unpaired) electrons. The second-order valence-corrected chi connectivity index (χ2v) is 3.56. The Balaban J connectivity index is 2.84. The molecule has 1 aromatic rings. The molecule has 5 nitrogen and oxygen atoms in total. The van der Waals surface area contributed by atoms with Crippen LogP contribution in [0.4, 0.5) is 0 Å². The third-order valence-corrected chi connectivity index (χ3v) is 2.03. The summed E-state index contributed by atoms with van der Waals surface area (Å²) in [6.45, 7) is 1.30. The van der Waals surface area contributed by atoms with Crippen molar-refractivity contribution in [2.75, 3.05) is 20.6 Å². The van der Waals surface area contributed by atoms with Crippen LogP contribution in [0.2, 0.25) is 0 Å². The van der Waals surface area contributed by atoms with Crippen molar-refractivity contribution in [3.63, 3.8) is 0 Å². The summed E-state index contributed by atoms with van der Waals surface area (Å²) in [7, 11) is 3.83. The fourth-order valence-corrected chi connectivity index (χ4v) is 1.13. The van der Waals surface area contributed by atoms with Crippen LogP contribution < -0.4 is 5.56 Å². The molecule has 1 heterocycles. The molecule has 0 amide bonds. The van der Waals surface area contributed by atoms with Crippen LogP contribution in [0, 0.1) is 0 Å². The number of nitrogens with zero attached hydrogens (tertiary/aromatic N) is 2. The Morgan fingerprint density at radius 3 is 2.67 bits per heavy atom. The van der Waals surface area contributed by atoms with Gasteiger partial charge >= 0.3 is 5.97 Å². The number of hydrogen-bond donors (Lipinski definition) is 1. The molecule has 1 rings (SSSR count). The van der Waals surface area contributed by atoms with E-state index >= 15 is 0 Å². The Kier molecular flexibility index (Phi) is 3.62. The molecule has 0 fully saturated rings. The van der Waals surface area contributed by atoms with Crippen molar-refractivity contribution in [2.24, 2.45) is 0 Å². The highest BCUT2D eigenvalue weighted by molar-refractivity contribution is 5.87. The van der Waals surface area contributed by atoms with Crippen LogP contribution in [0.15, 0.2) is 23.1 Å². The first-order valence-corrected chi connectivity index (χ1v) is 4.59. The van der Waals surface area contributed by atoms with Crippen molar-refractivity contribution in [3.05, 3.63) is 34.2 Å². The number of carbonyl (C=O) groups is 1. The van der Waals surface area contributed by atoms with Crippen molar-refractivity contribution in [3.8, 4) is 0 Å². The van der Waals surface area contributed by atoms with Crippen molar-refractivity contribution in [2.45, 2.75) is 6.54 Å². The van der Waals surface area contributed by atoms with Gasteiger partial charge in [-0.2, -0.15) is 0 Å². The van der Waals surface area contributed by atoms with Crippen LogP contribution in [-0.2, 0) is 6.54 Å². The molecule has 0 aliphatic carbocycles. The second kappa shape index (κ2) is 4.75. The fraction of sp³-hybridized carbons (Fsp3) is 0.400. The molecule has 5 heteroatoms. The van der Waals surface area contributed by atoms with Gasteiger partial charge in [0.1, 0.15) is 0 Å². The van der Waals surface area contributed by atoms with Crippen LogP contribution in [0.25, 0.3) is 0 Å². The van der Waals surface area contributed by atoms with Gasteiger partial charge in [-0.3, -0.25) is 4.79 Å². The van der Waals surface area contributed by atoms with E-state index in [9.17, 15) is 9.59 Å². The SMILES string of the molecule is CN(C)CCn1ccc(C(=O)O)cc1=O. The molecule has 0 spiro atoms. The fourth-order valence-electron chi connectivity index (χ4n) is 1.13. The van der Waals surface area contributed by atoms with Gasteiger partial charge < -0.3 is 14.6 Å². The van der Waals surface area contributed by atoms with Crippen molar-refractivity contribution < 1.29 is 9.90 Å². The van der Waals surface area contributed by atoms with Crippen LogP contribution in [0.3, 0.4) is 0 Å². The molecule has 0 atom stereocenters. The normalized spacial score (nSPS) is 10.6. The predicted octanol–water partition coefficient (Wildman–Crippen LogP) is 0.108. The molecule has 82 valence electrons. The monoisotopic (exact) mass is 210 g/mol. The Hall–Kier alpha value is -1.62. The maximum Gasteiger partial charge on any atom is 0.335 e. The summed E-state index contributed by atoms with van der Waals surface area (Å²) in [5.74, 6) is -1.08. The summed E-state index contributed by atoms with van der Waals surface area (Å²) in [6, 6.07) is 2.57. The number of pyridine rings is 1. The van der Waals surface area contributed by atoms with Crippen LogP contribution in [-0.4, -0.2) is 41.2 Å². The summed E-state index contributed by atoms with van der Waals surface area (Å²) in [5, 5.41) is 8.66. The summed E-state index contributed by atoms with van der Waals surface area (Å²) < 4.78 is 1.49. The molecule has 1 N–H and O–H groups in total. The molecule has 0 bridgehead atoms. The minimum absolute atomic E-state index is 0.0288. The van der Waals surface area contributed by atoms with E-state index in [-0.39, 0.29) is 11.1 Å². The lowest BCUT2D eigenvalue weighted by Gasteiger charge is -2.10. The van der Waals surface area contributed by atoms with E-state index in [0.29, 0.717) is 6.54 Å². The standard InChI is InChI=1S/C10H14N2O3/c1-11(2)5-6-12-4-3-8(10(14)15)7-9(12)13/h3-4,7H,5-6H2,1-2H3,(H,14,15). The zero-order valence-corrected chi connectivity index (χ0v) is 8.80. The first-order chi connectivity index (χ1) is 7.00. The van der Waals surface area contributed by atoms with Gasteiger partial charge in [-0.05, 0) is 20.2 Å². The maximum atomic E-state index is 11.4. The topological polar surface area (TPSA) is 62.5 Å². The lowest BCUT2D eigenvalue weighted by atomic mass is 10.3. The van der Waals surface area contributed by atoms with Gasteiger partial charge in [0, 0.05) is 25.4 Å². The van der Waals surface area contributed by atoms with E-state index in [0.717, 1.165) is 12.6 Å². The van der Waals surface area contributed by atoms with Gasteiger partial charge in [-0.15, -0.1) is 0 Å². The zero-order chi connectivity index (χ0) is 11.4.